The third-order valence-corrected chi connectivity index (χ3v) is 5.00. The van der Waals surface area contributed by atoms with Gasteiger partial charge in [0.05, 0.1) is 11.5 Å². The van der Waals surface area contributed by atoms with Crippen LogP contribution in [0.3, 0.4) is 0 Å². The van der Waals surface area contributed by atoms with Gasteiger partial charge in [-0.05, 0) is 25.1 Å². The third-order valence-electron chi connectivity index (χ3n) is 5.00. The summed E-state index contributed by atoms with van der Waals surface area (Å²) in [6, 6.07) is 21.6. The summed E-state index contributed by atoms with van der Waals surface area (Å²) in [6.45, 7) is 2.38. The molecule has 0 aliphatic carbocycles. The molecule has 1 atom stereocenters. The number of nitro benzene ring substituents is 1. The molecule has 1 aliphatic heterocycles. The highest BCUT2D eigenvalue weighted by molar-refractivity contribution is 5.94. The van der Waals surface area contributed by atoms with Crippen LogP contribution in [0.1, 0.15) is 22.9 Å². The van der Waals surface area contributed by atoms with Crippen molar-refractivity contribution in [3.63, 3.8) is 0 Å². The molecule has 0 radical (unpaired) electrons. The maximum Gasteiger partial charge on any atom is 0.269 e. The quantitative estimate of drug-likeness (QED) is 0.498. The standard InChI is InChI=1S/C23H21N3O4/c1-16-9-11-19(12-10-16)24-22(27)14-25-21-8-3-2-5-18(21)15-30-23(25)17-6-4-7-20(13-17)26(28)29/h2-13,23H,14-15H2,1H3,(H,24,27). The lowest BCUT2D eigenvalue weighted by Crippen LogP contribution is -2.40. The SMILES string of the molecule is Cc1ccc(NC(=O)CN2c3ccccc3COC2c2cccc([N+](=O)[O-])c2)cc1. The van der Waals surface area contributed by atoms with Crippen LogP contribution in [0.4, 0.5) is 17.1 Å². The number of non-ortho nitro benzene ring substituents is 1. The van der Waals surface area contributed by atoms with Gasteiger partial charge in [0.15, 0.2) is 6.23 Å². The van der Waals surface area contributed by atoms with Crippen molar-refractivity contribution in [2.45, 2.75) is 19.8 Å². The Balaban J connectivity index is 1.63. The Hall–Kier alpha value is -3.71. The Morgan fingerprint density at radius 3 is 2.67 bits per heavy atom. The van der Waals surface area contributed by atoms with Gasteiger partial charge in [-0.2, -0.15) is 0 Å². The Morgan fingerprint density at radius 1 is 1.13 bits per heavy atom. The number of para-hydroxylation sites is 1. The topological polar surface area (TPSA) is 84.7 Å². The van der Waals surface area contributed by atoms with E-state index in [0.717, 1.165) is 16.8 Å². The number of nitrogens with zero attached hydrogens (tertiary/aromatic N) is 2. The van der Waals surface area contributed by atoms with Gasteiger partial charge in [-0.25, -0.2) is 0 Å². The molecule has 7 heteroatoms. The highest BCUT2D eigenvalue weighted by atomic mass is 16.6. The van der Waals surface area contributed by atoms with Crippen LogP contribution in [0.2, 0.25) is 0 Å². The number of hydrogen-bond donors (Lipinski definition) is 1. The lowest BCUT2D eigenvalue weighted by Gasteiger charge is -2.38. The van der Waals surface area contributed by atoms with Crippen LogP contribution in [0, 0.1) is 17.0 Å². The number of hydrogen-bond acceptors (Lipinski definition) is 5. The number of fused-ring (bicyclic) bond motifs is 1. The molecule has 0 fully saturated rings. The second-order valence-corrected chi connectivity index (χ2v) is 7.19. The number of nitrogens with one attached hydrogen (secondary N) is 1. The Kier molecular flexibility index (Phi) is 5.45. The number of anilines is 2. The largest absolute Gasteiger partial charge is 0.349 e. The number of carbonyl (C=O) groups excluding carboxylic acids is 1. The molecule has 0 saturated heterocycles. The van der Waals surface area contributed by atoms with E-state index in [0.29, 0.717) is 17.9 Å². The molecule has 7 nitrogen and oxygen atoms in total. The summed E-state index contributed by atoms with van der Waals surface area (Å²) in [7, 11) is 0. The van der Waals surface area contributed by atoms with Crippen molar-refractivity contribution >= 4 is 23.0 Å². The predicted octanol–water partition coefficient (Wildman–Crippen LogP) is 4.58. The monoisotopic (exact) mass is 403 g/mol. The normalized spacial score (nSPS) is 15.4. The Labute approximate surface area is 174 Å². The van der Waals surface area contributed by atoms with E-state index in [1.54, 1.807) is 12.1 Å². The van der Waals surface area contributed by atoms with Gasteiger partial charge in [0.25, 0.3) is 5.69 Å². The molecule has 0 spiro atoms. The summed E-state index contributed by atoms with van der Waals surface area (Å²) in [5.41, 5.74) is 4.27. The molecule has 1 amide bonds. The van der Waals surface area contributed by atoms with E-state index >= 15 is 0 Å². The number of aryl methyl sites for hydroxylation is 1. The van der Waals surface area contributed by atoms with Gasteiger partial charge >= 0.3 is 0 Å². The number of nitro groups is 1. The van der Waals surface area contributed by atoms with E-state index in [9.17, 15) is 14.9 Å². The number of carbonyl (C=O) groups is 1. The first-order valence-corrected chi connectivity index (χ1v) is 9.58. The van der Waals surface area contributed by atoms with Crippen LogP contribution in [0.15, 0.2) is 72.8 Å². The molecule has 0 aromatic heterocycles. The first-order chi connectivity index (χ1) is 14.5. The minimum absolute atomic E-state index is 0.0148. The smallest absolute Gasteiger partial charge is 0.269 e. The van der Waals surface area contributed by atoms with Crippen LogP contribution in [0.25, 0.3) is 0 Å². The fraction of sp³-hybridized carbons (Fsp3) is 0.174. The lowest BCUT2D eigenvalue weighted by atomic mass is 10.1. The van der Waals surface area contributed by atoms with Gasteiger partial charge in [0.1, 0.15) is 6.54 Å². The van der Waals surface area contributed by atoms with E-state index in [1.165, 1.54) is 12.1 Å². The van der Waals surface area contributed by atoms with Crippen LogP contribution in [-0.4, -0.2) is 17.4 Å². The highest BCUT2D eigenvalue weighted by Gasteiger charge is 2.30. The van der Waals surface area contributed by atoms with Gasteiger partial charge in [0, 0.05) is 34.6 Å². The number of ether oxygens (including phenoxy) is 1. The van der Waals surface area contributed by atoms with Crippen LogP contribution in [0.5, 0.6) is 0 Å². The second-order valence-electron chi connectivity index (χ2n) is 7.19. The maximum atomic E-state index is 12.8. The summed E-state index contributed by atoms with van der Waals surface area (Å²) < 4.78 is 6.03. The summed E-state index contributed by atoms with van der Waals surface area (Å²) in [5, 5.41) is 14.1. The average Bonchev–Trinajstić information content (AvgIpc) is 2.75. The number of benzene rings is 3. The molecule has 3 aromatic carbocycles. The van der Waals surface area contributed by atoms with Crippen molar-refractivity contribution in [3.05, 3.63) is 99.6 Å². The number of amides is 1. The third kappa shape index (κ3) is 4.16. The summed E-state index contributed by atoms with van der Waals surface area (Å²) >= 11 is 0. The maximum absolute atomic E-state index is 12.8. The Bertz CT molecular complexity index is 1080. The average molecular weight is 403 g/mol. The molecule has 1 unspecified atom stereocenters. The molecule has 1 aliphatic rings. The Morgan fingerprint density at radius 2 is 1.90 bits per heavy atom. The van der Waals surface area contributed by atoms with Crippen molar-refractivity contribution in [1.82, 2.24) is 0 Å². The zero-order valence-corrected chi connectivity index (χ0v) is 16.4. The van der Waals surface area contributed by atoms with Gasteiger partial charge in [-0.3, -0.25) is 14.9 Å². The van der Waals surface area contributed by atoms with Crippen molar-refractivity contribution < 1.29 is 14.5 Å². The zero-order chi connectivity index (χ0) is 21.1. The van der Waals surface area contributed by atoms with Crippen molar-refractivity contribution in [2.24, 2.45) is 0 Å². The molecule has 152 valence electrons. The summed E-state index contributed by atoms with van der Waals surface area (Å²) in [5.74, 6) is -0.199. The van der Waals surface area contributed by atoms with Crippen molar-refractivity contribution in [1.29, 1.82) is 0 Å². The molecular formula is C23H21N3O4. The molecule has 0 saturated carbocycles. The van der Waals surface area contributed by atoms with Gasteiger partial charge in [-0.1, -0.05) is 48.0 Å². The van der Waals surface area contributed by atoms with Crippen LogP contribution in [-0.2, 0) is 16.1 Å². The van der Waals surface area contributed by atoms with E-state index in [1.807, 2.05) is 60.4 Å². The van der Waals surface area contributed by atoms with E-state index in [-0.39, 0.29) is 18.1 Å². The van der Waals surface area contributed by atoms with Gasteiger partial charge < -0.3 is 15.0 Å². The van der Waals surface area contributed by atoms with Crippen LogP contribution < -0.4 is 10.2 Å². The fourth-order valence-corrected chi connectivity index (χ4v) is 3.53. The van der Waals surface area contributed by atoms with Gasteiger partial charge in [0.2, 0.25) is 5.91 Å². The van der Waals surface area contributed by atoms with Crippen molar-refractivity contribution in [2.75, 3.05) is 16.8 Å². The molecular weight excluding hydrogens is 382 g/mol. The highest BCUT2D eigenvalue weighted by Crippen LogP contribution is 2.37. The van der Waals surface area contributed by atoms with Crippen LogP contribution >= 0.6 is 0 Å². The predicted molar refractivity (Wildman–Crippen MR) is 114 cm³/mol. The minimum atomic E-state index is -0.608. The zero-order valence-electron chi connectivity index (χ0n) is 16.4. The number of rotatable bonds is 5. The molecule has 30 heavy (non-hydrogen) atoms. The molecule has 1 N–H and O–H groups in total. The molecule has 1 heterocycles. The van der Waals surface area contributed by atoms with Crippen molar-refractivity contribution in [3.8, 4) is 0 Å². The molecule has 0 bridgehead atoms. The summed E-state index contributed by atoms with van der Waals surface area (Å²) in [6.07, 6.45) is -0.608. The van der Waals surface area contributed by atoms with E-state index in [2.05, 4.69) is 5.32 Å². The van der Waals surface area contributed by atoms with Gasteiger partial charge in [-0.15, -0.1) is 0 Å². The second kappa shape index (κ2) is 8.34. The molecule has 3 aromatic rings. The summed E-state index contributed by atoms with van der Waals surface area (Å²) in [4.78, 5) is 25.4. The fourth-order valence-electron chi connectivity index (χ4n) is 3.53. The first-order valence-electron chi connectivity index (χ1n) is 9.58. The molecule has 4 rings (SSSR count). The van der Waals surface area contributed by atoms with E-state index in [4.69, 9.17) is 4.74 Å². The van der Waals surface area contributed by atoms with E-state index < -0.39 is 11.2 Å². The first kappa shape index (κ1) is 19.6. The lowest BCUT2D eigenvalue weighted by molar-refractivity contribution is -0.385. The minimum Gasteiger partial charge on any atom is -0.349 e.